The standard InChI is InChI=1S/C18H22N6O10P2/c1-35(28,29)34-36(30,31)32-7-11-13(25)14(26)17(33-11)24-9-21-12-15(19-8-20-16(12)24)23-18(27)22-10-5-3-2-4-6-10/h2-6,8-9,11,13-14,17,25-26H,7H2,1H3,(H,28,29)(H,30,31)(H2,19,20,22,23,27)/t11-,13?,14+,17-/m1/s1. The number of imidazole rings is 1. The smallest absolute Gasteiger partial charge is 0.387 e. The SMILES string of the molecule is CP(=O)(O)OP(=O)(O)OC[C@H]1O[C@@H](n2cnc3c(NC(=O)Nc4ccccc4)ncnc32)[C@@H](O)C1O. The second-order valence-corrected chi connectivity index (χ2v) is 11.1. The van der Waals surface area contributed by atoms with Gasteiger partial charge in [0.25, 0.3) is 0 Å². The number of carbonyl (C=O) groups is 1. The first-order chi connectivity index (χ1) is 16.9. The topological polar surface area (TPSA) is 227 Å². The molecule has 1 aliphatic rings. The molecule has 0 spiro atoms. The van der Waals surface area contributed by atoms with Crippen molar-refractivity contribution in [3.8, 4) is 0 Å². The van der Waals surface area contributed by atoms with Crippen molar-refractivity contribution in [1.82, 2.24) is 19.5 Å². The molecule has 194 valence electrons. The average Bonchev–Trinajstić information content (AvgIpc) is 3.33. The summed E-state index contributed by atoms with van der Waals surface area (Å²) in [4.78, 5) is 43.3. The third-order valence-electron chi connectivity index (χ3n) is 4.89. The average molecular weight is 544 g/mol. The molecular weight excluding hydrogens is 522 g/mol. The molecule has 2 aromatic heterocycles. The molecule has 3 aromatic rings. The number of amides is 2. The second kappa shape index (κ2) is 10.3. The fourth-order valence-electron chi connectivity index (χ4n) is 3.40. The summed E-state index contributed by atoms with van der Waals surface area (Å²) in [6.07, 6.45) is -3.31. The minimum atomic E-state index is -4.95. The van der Waals surface area contributed by atoms with Gasteiger partial charge < -0.3 is 30.1 Å². The lowest BCUT2D eigenvalue weighted by atomic mass is 10.1. The highest BCUT2D eigenvalue weighted by Crippen LogP contribution is 2.58. The molecule has 0 radical (unpaired) electrons. The Morgan fingerprint density at radius 1 is 1.11 bits per heavy atom. The van der Waals surface area contributed by atoms with Crippen molar-refractivity contribution in [3.63, 3.8) is 0 Å². The molecule has 0 saturated carbocycles. The zero-order valence-corrected chi connectivity index (χ0v) is 20.3. The van der Waals surface area contributed by atoms with Gasteiger partial charge in [-0.05, 0) is 12.1 Å². The summed E-state index contributed by atoms with van der Waals surface area (Å²) >= 11 is 0. The van der Waals surface area contributed by atoms with Gasteiger partial charge in [-0.2, -0.15) is 0 Å². The minimum Gasteiger partial charge on any atom is -0.387 e. The van der Waals surface area contributed by atoms with E-state index < -0.39 is 52.6 Å². The maximum absolute atomic E-state index is 12.4. The number of urea groups is 1. The number of benzene rings is 1. The van der Waals surface area contributed by atoms with Gasteiger partial charge in [0, 0.05) is 12.4 Å². The zero-order valence-electron chi connectivity index (χ0n) is 18.5. The van der Waals surface area contributed by atoms with Gasteiger partial charge in [0.15, 0.2) is 23.2 Å². The van der Waals surface area contributed by atoms with Gasteiger partial charge in [0.1, 0.15) is 24.6 Å². The van der Waals surface area contributed by atoms with Crippen LogP contribution in [-0.4, -0.2) is 77.1 Å². The lowest BCUT2D eigenvalue weighted by Crippen LogP contribution is -2.33. The van der Waals surface area contributed by atoms with Gasteiger partial charge in [-0.25, -0.2) is 28.6 Å². The van der Waals surface area contributed by atoms with Crippen LogP contribution in [0.2, 0.25) is 0 Å². The van der Waals surface area contributed by atoms with Crippen LogP contribution in [0.5, 0.6) is 0 Å². The van der Waals surface area contributed by atoms with E-state index >= 15 is 0 Å². The monoisotopic (exact) mass is 544 g/mol. The highest BCUT2D eigenvalue weighted by atomic mass is 31.3. The van der Waals surface area contributed by atoms with Crippen molar-refractivity contribution < 1.29 is 47.5 Å². The Balaban J connectivity index is 1.48. The Kier molecular flexibility index (Phi) is 7.52. The highest BCUT2D eigenvalue weighted by Gasteiger charge is 2.45. The first-order valence-corrected chi connectivity index (χ1v) is 13.8. The number of hydrogen-bond acceptors (Lipinski definition) is 11. The molecule has 18 heteroatoms. The predicted molar refractivity (Wildman–Crippen MR) is 123 cm³/mol. The van der Waals surface area contributed by atoms with E-state index in [1.54, 1.807) is 30.3 Å². The normalized spacial score (nSPS) is 25.2. The van der Waals surface area contributed by atoms with Gasteiger partial charge in [0.05, 0.1) is 12.9 Å². The van der Waals surface area contributed by atoms with Crippen LogP contribution in [0.3, 0.4) is 0 Å². The Morgan fingerprint density at radius 2 is 1.83 bits per heavy atom. The van der Waals surface area contributed by atoms with Gasteiger partial charge >= 0.3 is 21.4 Å². The molecule has 1 saturated heterocycles. The van der Waals surface area contributed by atoms with Crippen LogP contribution in [-0.2, 0) is 22.7 Å². The van der Waals surface area contributed by atoms with Gasteiger partial charge in [0.2, 0.25) is 0 Å². The third-order valence-corrected chi connectivity index (χ3v) is 7.40. The first-order valence-electron chi connectivity index (χ1n) is 10.2. The van der Waals surface area contributed by atoms with E-state index in [4.69, 9.17) is 9.63 Å². The Labute approximate surface area is 203 Å². The lowest BCUT2D eigenvalue weighted by molar-refractivity contribution is -0.0501. The van der Waals surface area contributed by atoms with E-state index in [1.165, 1.54) is 10.9 Å². The van der Waals surface area contributed by atoms with Gasteiger partial charge in [-0.1, -0.05) is 18.2 Å². The van der Waals surface area contributed by atoms with E-state index in [2.05, 4.69) is 34.4 Å². The highest BCUT2D eigenvalue weighted by molar-refractivity contribution is 7.63. The second-order valence-electron chi connectivity index (χ2n) is 7.69. The number of aliphatic hydroxyl groups excluding tert-OH is 2. The van der Waals surface area contributed by atoms with Crippen LogP contribution in [0.25, 0.3) is 11.2 Å². The van der Waals surface area contributed by atoms with Crippen molar-refractivity contribution in [2.75, 3.05) is 23.9 Å². The number of phosphoric ester groups is 1. The maximum atomic E-state index is 12.4. The number of fused-ring (bicyclic) bond motifs is 1. The number of aliphatic hydroxyl groups is 2. The van der Waals surface area contributed by atoms with Gasteiger partial charge in [-0.15, -0.1) is 0 Å². The zero-order chi connectivity index (χ0) is 26.1. The quantitative estimate of drug-likeness (QED) is 0.218. The Bertz CT molecular complexity index is 1330. The number of ether oxygens (including phenoxy) is 1. The van der Waals surface area contributed by atoms with Crippen LogP contribution >= 0.6 is 15.4 Å². The van der Waals surface area contributed by atoms with Crippen LogP contribution < -0.4 is 10.6 Å². The molecule has 3 unspecified atom stereocenters. The summed E-state index contributed by atoms with van der Waals surface area (Å²) < 4.78 is 38.6. The molecule has 0 aliphatic carbocycles. The third kappa shape index (κ3) is 6.13. The molecule has 16 nitrogen and oxygen atoms in total. The van der Waals surface area contributed by atoms with Gasteiger partial charge in [-0.3, -0.25) is 19.0 Å². The predicted octanol–water partition coefficient (Wildman–Crippen LogP) is 1.04. The van der Waals surface area contributed by atoms with Crippen molar-refractivity contribution in [1.29, 1.82) is 0 Å². The Hall–Kier alpha value is -2.78. The van der Waals surface area contributed by atoms with E-state index in [1.807, 2.05) is 0 Å². The molecule has 36 heavy (non-hydrogen) atoms. The number of aromatic nitrogens is 4. The fraction of sp³-hybridized carbons (Fsp3) is 0.333. The number of nitrogens with zero attached hydrogens (tertiary/aromatic N) is 4. The van der Waals surface area contributed by atoms with Crippen molar-refractivity contribution in [2.24, 2.45) is 0 Å². The van der Waals surface area contributed by atoms with Crippen LogP contribution in [0, 0.1) is 0 Å². The molecule has 2 amide bonds. The minimum absolute atomic E-state index is 0.0615. The molecule has 6 atom stereocenters. The van der Waals surface area contributed by atoms with Crippen molar-refractivity contribution in [3.05, 3.63) is 43.0 Å². The number of nitrogens with one attached hydrogen (secondary N) is 2. The summed E-state index contributed by atoms with van der Waals surface area (Å²) in [6, 6.07) is 8.10. The first kappa shape index (κ1) is 26.3. The largest absolute Gasteiger partial charge is 0.479 e. The number of anilines is 2. The number of para-hydroxylation sites is 1. The maximum Gasteiger partial charge on any atom is 0.479 e. The molecule has 4 rings (SSSR count). The van der Waals surface area contributed by atoms with E-state index in [-0.39, 0.29) is 17.0 Å². The van der Waals surface area contributed by atoms with Crippen LogP contribution in [0.1, 0.15) is 6.23 Å². The number of carbonyl (C=O) groups excluding carboxylic acids is 1. The summed E-state index contributed by atoms with van der Waals surface area (Å²) in [5.74, 6) is 0.0615. The number of rotatable bonds is 8. The summed E-state index contributed by atoms with van der Waals surface area (Å²) in [5.41, 5.74) is 0.843. The lowest BCUT2D eigenvalue weighted by Gasteiger charge is -2.18. The number of phosphoric acid groups is 1. The van der Waals surface area contributed by atoms with E-state index in [0.29, 0.717) is 12.4 Å². The van der Waals surface area contributed by atoms with Crippen LogP contribution in [0.4, 0.5) is 16.3 Å². The number of hydrogen-bond donors (Lipinski definition) is 6. The fourth-order valence-corrected chi connectivity index (χ4v) is 5.46. The van der Waals surface area contributed by atoms with Crippen LogP contribution in [0.15, 0.2) is 43.0 Å². The molecule has 1 aliphatic heterocycles. The molecule has 3 heterocycles. The molecular formula is C18H22N6O10P2. The van der Waals surface area contributed by atoms with E-state index in [0.717, 1.165) is 6.33 Å². The summed E-state index contributed by atoms with van der Waals surface area (Å²) in [6.45, 7) is -0.0586. The summed E-state index contributed by atoms with van der Waals surface area (Å²) in [5, 5.41) is 26.0. The van der Waals surface area contributed by atoms with E-state index in [9.17, 15) is 29.0 Å². The molecule has 1 aromatic carbocycles. The Morgan fingerprint density at radius 3 is 2.53 bits per heavy atom. The molecule has 1 fully saturated rings. The van der Waals surface area contributed by atoms with Crippen molar-refractivity contribution >= 4 is 44.1 Å². The van der Waals surface area contributed by atoms with Crippen molar-refractivity contribution in [2.45, 2.75) is 24.5 Å². The summed E-state index contributed by atoms with van der Waals surface area (Å²) in [7, 11) is -9.29. The molecule has 0 bridgehead atoms. The molecule has 6 N–H and O–H groups in total.